The van der Waals surface area contributed by atoms with Crippen LogP contribution in [0.1, 0.15) is 110 Å². The molecule has 0 aromatic carbocycles. The average Bonchev–Trinajstić information content (AvgIpc) is 2.90. The highest BCUT2D eigenvalue weighted by atomic mass is 31.2. The molecule has 0 spiro atoms. The number of allylic oxidation sites excluding steroid dienone is 5. The van der Waals surface area contributed by atoms with Gasteiger partial charge in [-0.1, -0.05) is 114 Å². The first-order chi connectivity index (χ1) is 19.6. The van der Waals surface area contributed by atoms with Gasteiger partial charge in [-0.05, 0) is 25.7 Å². The van der Waals surface area contributed by atoms with Crippen LogP contribution in [0.4, 0.5) is 0 Å². The fraction of sp³-hybridized carbons (Fsp3) is 0.781. The molecule has 0 radical (unpaired) electrons. The van der Waals surface area contributed by atoms with Gasteiger partial charge in [-0.3, -0.25) is 13.8 Å². The zero-order chi connectivity index (χ0) is 30.7. The number of nitrogens with zero attached hydrogens (tertiary/aromatic N) is 1. The van der Waals surface area contributed by atoms with Gasteiger partial charge in [0.1, 0.15) is 25.9 Å². The average molecular weight is 603 g/mol. The molecule has 0 fully saturated rings. The zero-order valence-corrected chi connectivity index (χ0v) is 27.4. The van der Waals surface area contributed by atoms with Gasteiger partial charge in [-0.15, -0.1) is 0 Å². The number of likely N-dealkylation sites (N-methyl/N-ethyl adjacent to an activating group) is 1. The minimum absolute atomic E-state index is 0.0418. The molecule has 0 saturated heterocycles. The summed E-state index contributed by atoms with van der Waals surface area (Å²) in [5.74, 6) is -0.489. The van der Waals surface area contributed by atoms with Crippen molar-refractivity contribution in [1.82, 2.24) is 0 Å². The number of esters is 1. The van der Waals surface area contributed by atoms with E-state index in [1.165, 1.54) is 77.0 Å². The Morgan fingerprint density at radius 3 is 1.83 bits per heavy atom. The van der Waals surface area contributed by atoms with Crippen molar-refractivity contribution >= 4 is 13.8 Å². The summed E-state index contributed by atoms with van der Waals surface area (Å²) in [5.41, 5.74) is 0. The Morgan fingerprint density at radius 2 is 1.27 bits per heavy atom. The highest BCUT2D eigenvalue weighted by Crippen LogP contribution is 2.43. The number of hydrogen-bond donors (Lipinski definition) is 2. The Morgan fingerprint density at radius 1 is 0.756 bits per heavy atom. The van der Waals surface area contributed by atoms with Crippen LogP contribution in [0.2, 0.25) is 0 Å². The van der Waals surface area contributed by atoms with Crippen LogP contribution in [-0.4, -0.2) is 74.1 Å². The lowest BCUT2D eigenvalue weighted by molar-refractivity contribution is -0.870. The maximum Gasteiger partial charge on any atom is 0.472 e. The van der Waals surface area contributed by atoms with E-state index in [0.29, 0.717) is 11.0 Å². The molecule has 8 nitrogen and oxygen atoms in total. The molecular formula is C32H61NO7P+. The lowest BCUT2D eigenvalue weighted by Crippen LogP contribution is -2.37. The van der Waals surface area contributed by atoms with E-state index in [1.807, 2.05) is 27.2 Å². The number of ether oxygens (including phenoxy) is 1. The van der Waals surface area contributed by atoms with Gasteiger partial charge in [0.25, 0.3) is 0 Å². The SMILES string of the molecule is CCCCCCCCCCCCCCC=CCC=CCC=CCC(=O)OC[C@@H](O)COP(=O)(O)OCC[N+](C)(C)C. The van der Waals surface area contributed by atoms with E-state index in [9.17, 15) is 19.4 Å². The van der Waals surface area contributed by atoms with Gasteiger partial charge in [-0.2, -0.15) is 0 Å². The number of carbonyl (C=O) groups is 1. The number of aliphatic hydroxyl groups is 1. The van der Waals surface area contributed by atoms with Crippen LogP contribution in [-0.2, 0) is 23.1 Å². The largest absolute Gasteiger partial charge is 0.472 e. The predicted octanol–water partition coefficient (Wildman–Crippen LogP) is 7.66. The van der Waals surface area contributed by atoms with Crippen molar-refractivity contribution in [3.05, 3.63) is 36.5 Å². The van der Waals surface area contributed by atoms with Crippen LogP contribution in [0, 0.1) is 0 Å². The van der Waals surface area contributed by atoms with E-state index in [-0.39, 0.29) is 19.6 Å². The molecule has 2 atom stereocenters. The Kier molecular flexibility index (Phi) is 25.5. The van der Waals surface area contributed by atoms with Crippen LogP contribution in [0.3, 0.4) is 0 Å². The summed E-state index contributed by atoms with van der Waals surface area (Å²) in [6.45, 7) is 2.04. The van der Waals surface area contributed by atoms with Crippen molar-refractivity contribution < 1.29 is 37.6 Å². The second-order valence-electron chi connectivity index (χ2n) is 11.7. The first-order valence-electron chi connectivity index (χ1n) is 15.8. The number of phosphoric acid groups is 1. The standard InChI is InChI=1S/C32H60NO7P/c1-5-6-7-8-9-10-11-12-13-14-15-16-17-18-19-20-21-22-23-24-25-26-32(35)38-29-31(34)30-40-41(36,37)39-28-27-33(2,3)4/h18-19,21-22,24-25,31,34H,5-17,20,23,26-30H2,1-4H3/p+1/t31-/m1/s1. The highest BCUT2D eigenvalue weighted by molar-refractivity contribution is 7.47. The summed E-state index contributed by atoms with van der Waals surface area (Å²) in [6.07, 6.45) is 30.5. The van der Waals surface area contributed by atoms with E-state index < -0.39 is 26.5 Å². The van der Waals surface area contributed by atoms with Crippen molar-refractivity contribution in [2.45, 2.75) is 116 Å². The maximum absolute atomic E-state index is 11.8. The van der Waals surface area contributed by atoms with E-state index in [4.69, 9.17) is 13.8 Å². The number of hydrogen-bond acceptors (Lipinski definition) is 6. The van der Waals surface area contributed by atoms with Crippen LogP contribution in [0.15, 0.2) is 36.5 Å². The zero-order valence-electron chi connectivity index (χ0n) is 26.5. The number of carbonyl (C=O) groups excluding carboxylic acids is 1. The van der Waals surface area contributed by atoms with E-state index in [2.05, 4.69) is 31.2 Å². The third-order valence-corrected chi connectivity index (χ3v) is 7.42. The quantitative estimate of drug-likeness (QED) is 0.0312. The number of rotatable bonds is 28. The van der Waals surface area contributed by atoms with Crippen LogP contribution >= 0.6 is 7.82 Å². The molecule has 240 valence electrons. The number of unbranched alkanes of at least 4 members (excludes halogenated alkanes) is 12. The molecule has 0 heterocycles. The van der Waals surface area contributed by atoms with E-state index in [1.54, 1.807) is 6.08 Å². The van der Waals surface area contributed by atoms with Crippen molar-refractivity contribution in [2.75, 3.05) is 47.5 Å². The third kappa shape index (κ3) is 31.5. The smallest absolute Gasteiger partial charge is 0.463 e. The molecule has 0 aromatic rings. The lowest BCUT2D eigenvalue weighted by Gasteiger charge is -2.24. The molecule has 0 aliphatic heterocycles. The Bertz CT molecular complexity index is 762. The maximum atomic E-state index is 11.8. The number of aliphatic hydroxyl groups excluding tert-OH is 1. The third-order valence-electron chi connectivity index (χ3n) is 6.44. The van der Waals surface area contributed by atoms with Gasteiger partial charge < -0.3 is 19.2 Å². The van der Waals surface area contributed by atoms with E-state index >= 15 is 0 Å². The minimum Gasteiger partial charge on any atom is -0.463 e. The molecule has 0 amide bonds. The monoisotopic (exact) mass is 602 g/mol. The van der Waals surface area contributed by atoms with Crippen molar-refractivity contribution in [1.29, 1.82) is 0 Å². The summed E-state index contributed by atoms with van der Waals surface area (Å²) in [7, 11) is 1.52. The van der Waals surface area contributed by atoms with Crippen molar-refractivity contribution in [2.24, 2.45) is 0 Å². The molecule has 0 aliphatic carbocycles. The molecule has 0 rings (SSSR count). The summed E-state index contributed by atoms with van der Waals surface area (Å²) in [4.78, 5) is 21.4. The summed E-state index contributed by atoms with van der Waals surface area (Å²) < 4.78 is 27.0. The molecule has 0 saturated carbocycles. The number of quaternary nitrogens is 1. The normalized spacial score (nSPS) is 14.8. The van der Waals surface area contributed by atoms with Crippen LogP contribution in [0.25, 0.3) is 0 Å². The second-order valence-corrected chi connectivity index (χ2v) is 13.2. The molecule has 41 heavy (non-hydrogen) atoms. The minimum atomic E-state index is -4.26. The fourth-order valence-electron chi connectivity index (χ4n) is 3.89. The highest BCUT2D eigenvalue weighted by Gasteiger charge is 2.24. The summed E-state index contributed by atoms with van der Waals surface area (Å²) in [6, 6.07) is 0. The molecule has 2 N–H and O–H groups in total. The Labute approximate surface area is 251 Å². The topological polar surface area (TPSA) is 102 Å². The molecule has 0 aromatic heterocycles. The Hall–Kier alpha value is -1.28. The first kappa shape index (κ1) is 39.7. The molecule has 0 bridgehead atoms. The van der Waals surface area contributed by atoms with Crippen molar-refractivity contribution in [3.63, 3.8) is 0 Å². The predicted molar refractivity (Wildman–Crippen MR) is 169 cm³/mol. The number of phosphoric ester groups is 1. The van der Waals surface area contributed by atoms with Gasteiger partial charge in [0, 0.05) is 0 Å². The van der Waals surface area contributed by atoms with Crippen LogP contribution in [0.5, 0.6) is 0 Å². The summed E-state index contributed by atoms with van der Waals surface area (Å²) in [5, 5.41) is 9.84. The molecule has 0 aliphatic rings. The summed E-state index contributed by atoms with van der Waals surface area (Å²) >= 11 is 0. The second kappa shape index (κ2) is 26.4. The van der Waals surface area contributed by atoms with Gasteiger partial charge in [0.05, 0.1) is 34.2 Å². The van der Waals surface area contributed by atoms with Gasteiger partial charge in [0.15, 0.2) is 0 Å². The van der Waals surface area contributed by atoms with Crippen LogP contribution < -0.4 is 0 Å². The van der Waals surface area contributed by atoms with Gasteiger partial charge >= 0.3 is 13.8 Å². The first-order valence-corrected chi connectivity index (χ1v) is 17.3. The van der Waals surface area contributed by atoms with E-state index in [0.717, 1.165) is 19.3 Å². The lowest BCUT2D eigenvalue weighted by atomic mass is 10.0. The van der Waals surface area contributed by atoms with Crippen molar-refractivity contribution in [3.8, 4) is 0 Å². The molecule has 1 unspecified atom stereocenters. The fourth-order valence-corrected chi connectivity index (χ4v) is 4.63. The van der Waals surface area contributed by atoms with Gasteiger partial charge in [0.2, 0.25) is 0 Å². The Balaban J connectivity index is 3.65. The molecule has 9 heteroatoms. The molecular weight excluding hydrogens is 541 g/mol. The van der Waals surface area contributed by atoms with Gasteiger partial charge in [-0.25, -0.2) is 4.57 Å².